The highest BCUT2D eigenvalue weighted by molar-refractivity contribution is 8.16. The molecule has 166 valence electrons. The van der Waals surface area contributed by atoms with E-state index in [-0.39, 0.29) is 11.2 Å². The van der Waals surface area contributed by atoms with E-state index in [2.05, 4.69) is 10.3 Å². The summed E-state index contributed by atoms with van der Waals surface area (Å²) < 4.78 is 6.57. The van der Waals surface area contributed by atoms with E-state index < -0.39 is 57.5 Å². The quantitative estimate of drug-likeness (QED) is 0.479. The molecule has 2 unspecified atom stereocenters. The van der Waals surface area contributed by atoms with Gasteiger partial charge < -0.3 is 15.2 Å². The molecule has 0 aliphatic carbocycles. The molecule has 0 radical (unpaired) electrons. The number of aliphatic carboxylic acids is 1. The highest BCUT2D eigenvalue weighted by Gasteiger charge is 2.58. The van der Waals surface area contributed by atoms with Crippen LogP contribution in [0.1, 0.15) is 13.3 Å². The Morgan fingerprint density at radius 1 is 1.26 bits per heavy atom. The van der Waals surface area contributed by atoms with Gasteiger partial charge in [-0.3, -0.25) is 37.7 Å². The van der Waals surface area contributed by atoms with E-state index in [1.54, 1.807) is 0 Å². The first-order valence-corrected chi connectivity index (χ1v) is 9.68. The number of aryl methyl sites for hydroxylation is 1. The molecule has 1 fully saturated rings. The summed E-state index contributed by atoms with van der Waals surface area (Å²) in [6.45, 7) is 0.492. The van der Waals surface area contributed by atoms with E-state index in [1.807, 2.05) is 0 Å². The van der Waals surface area contributed by atoms with Gasteiger partial charge in [-0.2, -0.15) is 0 Å². The van der Waals surface area contributed by atoms with Crippen LogP contribution in [0.4, 0.5) is 0 Å². The number of hydrogen-bond acceptors (Lipinski definition) is 9. The summed E-state index contributed by atoms with van der Waals surface area (Å²) in [5.41, 5.74) is -3.51. The third-order valence-electron chi connectivity index (χ3n) is 5.26. The van der Waals surface area contributed by atoms with Crippen LogP contribution in [0.5, 0.6) is 0 Å². The first-order chi connectivity index (χ1) is 14.4. The average Bonchev–Trinajstić information content (AvgIpc) is 3.17. The zero-order chi connectivity index (χ0) is 23.3. The maximum absolute atomic E-state index is 13.2. The van der Waals surface area contributed by atoms with Crippen LogP contribution >= 0.6 is 11.8 Å². The van der Waals surface area contributed by atoms with Crippen molar-refractivity contribution in [1.29, 1.82) is 0 Å². The smallest absolute Gasteiger partial charge is 0.332 e. The van der Waals surface area contributed by atoms with Crippen molar-refractivity contribution < 1.29 is 29.0 Å². The Morgan fingerprint density at radius 2 is 1.90 bits per heavy atom. The molecule has 0 spiro atoms. The summed E-state index contributed by atoms with van der Waals surface area (Å²) in [4.78, 5) is 78.3. The summed E-state index contributed by atoms with van der Waals surface area (Å²) in [6.07, 6.45) is 0.498. The number of carboxylic acid groups (broad SMARTS) is 1. The number of ether oxygens (including phenoxy) is 1. The number of fused-ring (bicyclic) bond motifs is 1. The number of imidazole rings is 1. The van der Waals surface area contributed by atoms with Crippen LogP contribution < -0.4 is 16.6 Å². The van der Waals surface area contributed by atoms with Crippen LogP contribution in [0.3, 0.4) is 0 Å². The number of carboxylic acids is 1. The molecule has 1 aliphatic rings. The zero-order valence-electron chi connectivity index (χ0n) is 17.0. The van der Waals surface area contributed by atoms with E-state index >= 15 is 0 Å². The van der Waals surface area contributed by atoms with Crippen molar-refractivity contribution in [2.45, 2.75) is 23.8 Å². The molecule has 0 aromatic carbocycles. The number of carbonyl (C=O) groups is 4. The SMILES string of the molecule is COC1(n2cnc3c2c(=O)n(C)c(=O)n3C)CC(=O)C(C)(C(=O)NCC(=O)O)SC1=O. The van der Waals surface area contributed by atoms with Gasteiger partial charge in [0.15, 0.2) is 21.7 Å². The molecule has 1 amide bonds. The predicted octanol–water partition coefficient (Wildman–Crippen LogP) is -2.07. The van der Waals surface area contributed by atoms with Crippen molar-refractivity contribution in [3.8, 4) is 0 Å². The van der Waals surface area contributed by atoms with E-state index in [9.17, 15) is 28.8 Å². The van der Waals surface area contributed by atoms with Crippen molar-refractivity contribution in [3.63, 3.8) is 0 Å². The Balaban J connectivity index is 2.13. The molecule has 2 aromatic rings. The van der Waals surface area contributed by atoms with Gasteiger partial charge >= 0.3 is 11.7 Å². The number of nitrogens with one attached hydrogen (secondary N) is 1. The number of hydrogen-bond donors (Lipinski definition) is 2. The number of ketones is 1. The lowest BCUT2D eigenvalue weighted by molar-refractivity contribution is -0.155. The van der Waals surface area contributed by atoms with Gasteiger partial charge in [0, 0.05) is 21.2 Å². The van der Waals surface area contributed by atoms with Crippen LogP contribution in [-0.4, -0.2) is 65.0 Å². The molecule has 13 nitrogen and oxygen atoms in total. The Hall–Kier alpha value is -3.26. The maximum Gasteiger partial charge on any atom is 0.332 e. The van der Waals surface area contributed by atoms with Crippen LogP contribution in [0.15, 0.2) is 15.9 Å². The summed E-state index contributed by atoms with van der Waals surface area (Å²) in [5.74, 6) is -2.96. The van der Waals surface area contributed by atoms with Gasteiger partial charge in [0.05, 0.1) is 6.42 Å². The highest BCUT2D eigenvalue weighted by Crippen LogP contribution is 2.44. The number of methoxy groups -OCH3 is 1. The van der Waals surface area contributed by atoms with Crippen LogP contribution in [0.2, 0.25) is 0 Å². The van der Waals surface area contributed by atoms with E-state index in [4.69, 9.17) is 9.84 Å². The fourth-order valence-electron chi connectivity index (χ4n) is 3.33. The summed E-state index contributed by atoms with van der Waals surface area (Å²) >= 11 is 0.368. The van der Waals surface area contributed by atoms with Crippen molar-refractivity contribution in [2.24, 2.45) is 14.1 Å². The molecule has 2 N–H and O–H groups in total. The minimum absolute atomic E-state index is 0.0117. The van der Waals surface area contributed by atoms with Crippen LogP contribution in [-0.2, 0) is 43.7 Å². The first kappa shape index (κ1) is 22.4. The monoisotopic (exact) mass is 453 g/mol. The Labute approximate surface area is 178 Å². The lowest BCUT2D eigenvalue weighted by Crippen LogP contribution is -2.59. The molecule has 1 saturated heterocycles. The van der Waals surface area contributed by atoms with Gasteiger partial charge in [-0.1, -0.05) is 11.8 Å². The van der Waals surface area contributed by atoms with Crippen molar-refractivity contribution in [2.75, 3.05) is 13.7 Å². The Kier molecular flexibility index (Phi) is 5.40. The molecular formula is C17H19N5O8S. The number of carbonyl (C=O) groups excluding carboxylic acids is 3. The number of Topliss-reactive ketones (excluding diaryl/α,β-unsaturated/α-hetero) is 1. The van der Waals surface area contributed by atoms with E-state index in [0.717, 1.165) is 27.1 Å². The predicted molar refractivity (Wildman–Crippen MR) is 106 cm³/mol. The normalized spacial score (nSPS) is 23.9. The molecule has 31 heavy (non-hydrogen) atoms. The number of thioether (sulfide) groups is 1. The second-order valence-electron chi connectivity index (χ2n) is 7.08. The minimum atomic E-state index is -1.99. The fraction of sp³-hybridized carbons (Fsp3) is 0.471. The fourth-order valence-corrected chi connectivity index (χ4v) is 4.47. The molecule has 3 heterocycles. The van der Waals surface area contributed by atoms with Crippen molar-refractivity contribution in [1.82, 2.24) is 24.0 Å². The maximum atomic E-state index is 13.2. The van der Waals surface area contributed by atoms with Gasteiger partial charge in [-0.15, -0.1) is 0 Å². The highest BCUT2D eigenvalue weighted by atomic mass is 32.2. The first-order valence-electron chi connectivity index (χ1n) is 8.86. The van der Waals surface area contributed by atoms with Gasteiger partial charge in [-0.25, -0.2) is 9.78 Å². The molecule has 3 rings (SSSR count). The number of aromatic nitrogens is 4. The molecule has 14 heteroatoms. The van der Waals surface area contributed by atoms with Gasteiger partial charge in [0.2, 0.25) is 16.7 Å². The molecule has 1 aliphatic heterocycles. The topological polar surface area (TPSA) is 172 Å². The Bertz CT molecular complexity index is 1260. The molecular weight excluding hydrogens is 434 g/mol. The third-order valence-corrected chi connectivity index (χ3v) is 6.58. The minimum Gasteiger partial charge on any atom is -0.480 e. The summed E-state index contributed by atoms with van der Waals surface area (Å²) in [7, 11) is 3.82. The van der Waals surface area contributed by atoms with Crippen molar-refractivity contribution in [3.05, 3.63) is 27.2 Å². The van der Waals surface area contributed by atoms with Crippen LogP contribution in [0, 0.1) is 0 Å². The molecule has 2 atom stereocenters. The largest absolute Gasteiger partial charge is 0.480 e. The molecule has 0 bridgehead atoms. The second-order valence-corrected chi connectivity index (χ2v) is 8.47. The van der Waals surface area contributed by atoms with Gasteiger partial charge in [0.25, 0.3) is 5.56 Å². The Morgan fingerprint density at radius 3 is 2.48 bits per heavy atom. The number of nitrogens with zero attached hydrogens (tertiary/aromatic N) is 4. The van der Waals surface area contributed by atoms with Gasteiger partial charge in [0.1, 0.15) is 12.9 Å². The van der Waals surface area contributed by atoms with Gasteiger partial charge in [-0.05, 0) is 6.92 Å². The standard InChI is InChI=1S/C17H19N5O8S/c1-16(13(27)18-6-9(24)25)8(23)5-17(30-4,14(28)31-16)22-7-19-11-10(22)12(26)21(3)15(29)20(11)2/h7H,5-6H2,1-4H3,(H,18,27)(H,24,25). The molecule has 0 saturated carbocycles. The molecule has 2 aromatic heterocycles. The zero-order valence-corrected chi connectivity index (χ0v) is 17.8. The lowest BCUT2D eigenvalue weighted by atomic mass is 9.94. The number of amides is 1. The van der Waals surface area contributed by atoms with Crippen LogP contribution in [0.25, 0.3) is 11.2 Å². The van der Waals surface area contributed by atoms with Crippen molar-refractivity contribution >= 4 is 45.7 Å². The third kappa shape index (κ3) is 3.18. The summed E-state index contributed by atoms with van der Waals surface area (Å²) in [6, 6.07) is 0. The second kappa shape index (κ2) is 7.46. The lowest BCUT2D eigenvalue weighted by Gasteiger charge is -2.40. The summed E-state index contributed by atoms with van der Waals surface area (Å²) in [5, 5.41) is 10.1. The van der Waals surface area contributed by atoms with E-state index in [1.165, 1.54) is 21.0 Å². The van der Waals surface area contributed by atoms with E-state index in [0.29, 0.717) is 11.8 Å². The number of rotatable bonds is 5. The average molecular weight is 453 g/mol.